The third-order valence-electron chi connectivity index (χ3n) is 5.81. The van der Waals surface area contributed by atoms with Crippen molar-refractivity contribution in [2.45, 2.75) is 71.3 Å². The van der Waals surface area contributed by atoms with Crippen LogP contribution in [-0.4, -0.2) is 23.0 Å². The molecule has 2 aliphatic carbocycles. The van der Waals surface area contributed by atoms with Crippen molar-refractivity contribution >= 4 is 11.7 Å². The molecule has 120 valence electrons. The van der Waals surface area contributed by atoms with E-state index in [1.54, 1.807) is 0 Å². The summed E-state index contributed by atoms with van der Waals surface area (Å²) < 4.78 is 0. The molecule has 0 radical (unpaired) electrons. The fourth-order valence-electron chi connectivity index (χ4n) is 4.18. The molecule has 0 aromatic carbocycles. The van der Waals surface area contributed by atoms with Crippen LogP contribution in [0.15, 0.2) is 5.16 Å². The van der Waals surface area contributed by atoms with Gasteiger partial charge in [-0.3, -0.25) is 4.79 Å². The Morgan fingerprint density at radius 2 is 2.00 bits per heavy atom. The molecule has 0 saturated heterocycles. The minimum atomic E-state index is -0.795. The van der Waals surface area contributed by atoms with E-state index in [4.69, 9.17) is 10.9 Å². The van der Waals surface area contributed by atoms with Crippen LogP contribution in [0.25, 0.3) is 0 Å². The third-order valence-corrected chi connectivity index (χ3v) is 5.81. The van der Waals surface area contributed by atoms with Gasteiger partial charge < -0.3 is 16.3 Å². The van der Waals surface area contributed by atoms with E-state index < -0.39 is 5.41 Å². The second-order valence-electron chi connectivity index (χ2n) is 6.81. The van der Waals surface area contributed by atoms with Gasteiger partial charge in [0.05, 0.1) is 0 Å². The Bertz CT molecular complexity index is 402. The molecule has 4 N–H and O–H groups in total. The fourth-order valence-corrected chi connectivity index (χ4v) is 4.18. The Labute approximate surface area is 127 Å². The van der Waals surface area contributed by atoms with E-state index in [2.05, 4.69) is 24.3 Å². The molecule has 3 atom stereocenters. The summed E-state index contributed by atoms with van der Waals surface area (Å²) in [6.45, 7) is 4.44. The summed E-state index contributed by atoms with van der Waals surface area (Å²) in [5.74, 6) is 1.25. The highest BCUT2D eigenvalue weighted by molar-refractivity contribution is 6.06. The van der Waals surface area contributed by atoms with Crippen LogP contribution in [0, 0.1) is 17.3 Å². The Morgan fingerprint density at radius 3 is 2.52 bits per heavy atom. The maximum Gasteiger partial charge on any atom is 0.234 e. The number of nitrogens with zero attached hydrogens (tertiary/aromatic N) is 1. The van der Waals surface area contributed by atoms with Gasteiger partial charge in [-0.05, 0) is 37.5 Å². The minimum absolute atomic E-state index is 0.0360. The molecule has 0 bridgehead atoms. The van der Waals surface area contributed by atoms with E-state index in [-0.39, 0.29) is 17.8 Å². The van der Waals surface area contributed by atoms with Crippen LogP contribution in [0.2, 0.25) is 0 Å². The van der Waals surface area contributed by atoms with Crippen molar-refractivity contribution in [2.75, 3.05) is 0 Å². The largest absolute Gasteiger partial charge is 0.409 e. The third kappa shape index (κ3) is 3.01. The maximum absolute atomic E-state index is 12.8. The number of carbonyl (C=O) groups excluding carboxylic acids is 1. The van der Waals surface area contributed by atoms with Gasteiger partial charge in [-0.15, -0.1) is 0 Å². The van der Waals surface area contributed by atoms with Gasteiger partial charge in [0.15, 0.2) is 5.84 Å². The number of nitrogens with one attached hydrogen (secondary N) is 1. The van der Waals surface area contributed by atoms with Crippen molar-refractivity contribution in [2.24, 2.45) is 28.1 Å². The average Bonchev–Trinajstić information content (AvgIpc) is 2.87. The van der Waals surface area contributed by atoms with Gasteiger partial charge in [0.2, 0.25) is 5.91 Å². The number of carbonyl (C=O) groups is 1. The first-order valence-electron chi connectivity index (χ1n) is 8.34. The normalized spacial score (nSPS) is 32.9. The molecule has 0 aromatic heterocycles. The first kappa shape index (κ1) is 16.1. The van der Waals surface area contributed by atoms with Crippen molar-refractivity contribution in [3.8, 4) is 0 Å². The molecule has 3 unspecified atom stereocenters. The summed E-state index contributed by atoms with van der Waals surface area (Å²) in [7, 11) is 0. The molecule has 1 amide bonds. The molecule has 2 aliphatic rings. The molecular formula is C16H29N3O2. The van der Waals surface area contributed by atoms with E-state index >= 15 is 0 Å². The number of hydrogen-bond acceptors (Lipinski definition) is 3. The Hall–Kier alpha value is -1.26. The van der Waals surface area contributed by atoms with Crippen LogP contribution < -0.4 is 11.1 Å². The van der Waals surface area contributed by atoms with Crippen LogP contribution in [0.1, 0.15) is 65.2 Å². The lowest BCUT2D eigenvalue weighted by Crippen LogP contribution is -2.53. The topological polar surface area (TPSA) is 87.7 Å². The number of amidine groups is 1. The zero-order chi connectivity index (χ0) is 15.5. The lowest BCUT2D eigenvalue weighted by molar-refractivity contribution is -0.130. The van der Waals surface area contributed by atoms with Gasteiger partial charge in [0, 0.05) is 6.04 Å². The van der Waals surface area contributed by atoms with Gasteiger partial charge in [-0.25, -0.2) is 0 Å². The highest BCUT2D eigenvalue weighted by Gasteiger charge is 2.45. The molecule has 2 rings (SSSR count). The Morgan fingerprint density at radius 1 is 1.33 bits per heavy atom. The second-order valence-corrected chi connectivity index (χ2v) is 6.81. The van der Waals surface area contributed by atoms with Crippen molar-refractivity contribution in [3.63, 3.8) is 0 Å². The zero-order valence-corrected chi connectivity index (χ0v) is 13.3. The summed E-state index contributed by atoms with van der Waals surface area (Å²) in [4.78, 5) is 12.8. The van der Waals surface area contributed by atoms with Gasteiger partial charge in [0.1, 0.15) is 5.41 Å². The molecule has 5 heteroatoms. The Kier molecular flexibility index (Phi) is 5.12. The number of nitrogens with two attached hydrogens (primary N) is 1. The van der Waals surface area contributed by atoms with E-state index in [0.29, 0.717) is 24.7 Å². The predicted octanol–water partition coefficient (Wildman–Crippen LogP) is 2.62. The number of oxime groups is 1. The first-order chi connectivity index (χ1) is 10.0. The number of hydrogen-bond donors (Lipinski definition) is 3. The second kappa shape index (κ2) is 6.67. The lowest BCUT2D eigenvalue weighted by atomic mass is 9.72. The molecule has 2 fully saturated rings. The molecule has 0 spiro atoms. The van der Waals surface area contributed by atoms with Crippen LogP contribution in [0.3, 0.4) is 0 Å². The van der Waals surface area contributed by atoms with Crippen LogP contribution in [0.4, 0.5) is 0 Å². The monoisotopic (exact) mass is 295 g/mol. The average molecular weight is 295 g/mol. The molecule has 0 aliphatic heterocycles. The Balaban J connectivity index is 2.09. The predicted molar refractivity (Wildman–Crippen MR) is 83.0 cm³/mol. The minimum Gasteiger partial charge on any atom is -0.409 e. The molecule has 0 aromatic rings. The molecule has 5 nitrogen and oxygen atoms in total. The maximum atomic E-state index is 12.8. The van der Waals surface area contributed by atoms with Gasteiger partial charge in [-0.1, -0.05) is 44.7 Å². The van der Waals surface area contributed by atoms with E-state index in [1.165, 1.54) is 12.8 Å². The van der Waals surface area contributed by atoms with Gasteiger partial charge >= 0.3 is 0 Å². The van der Waals surface area contributed by atoms with Gasteiger partial charge in [-0.2, -0.15) is 0 Å². The number of amides is 1. The zero-order valence-electron chi connectivity index (χ0n) is 13.3. The summed E-state index contributed by atoms with van der Waals surface area (Å²) in [5, 5.41) is 15.4. The summed E-state index contributed by atoms with van der Waals surface area (Å²) >= 11 is 0. The van der Waals surface area contributed by atoms with Crippen molar-refractivity contribution in [1.29, 1.82) is 0 Å². The summed E-state index contributed by atoms with van der Waals surface area (Å²) in [5.41, 5.74) is 5.09. The van der Waals surface area contributed by atoms with E-state index in [0.717, 1.165) is 25.7 Å². The van der Waals surface area contributed by atoms with Crippen molar-refractivity contribution < 1.29 is 10.0 Å². The van der Waals surface area contributed by atoms with Crippen LogP contribution >= 0.6 is 0 Å². The van der Waals surface area contributed by atoms with Crippen molar-refractivity contribution in [3.05, 3.63) is 0 Å². The first-order valence-corrected chi connectivity index (χ1v) is 8.34. The molecule has 0 heterocycles. The molecule has 2 saturated carbocycles. The quantitative estimate of drug-likeness (QED) is 0.322. The number of rotatable bonds is 4. The van der Waals surface area contributed by atoms with E-state index in [1.807, 2.05) is 0 Å². The molecular weight excluding hydrogens is 266 g/mol. The SMILES string of the molecule is CCC1CCC(NC(=O)C2(C(N)=NO)CCCCC2)C1C. The fraction of sp³-hybridized carbons (Fsp3) is 0.875. The van der Waals surface area contributed by atoms with Gasteiger partial charge in [0.25, 0.3) is 0 Å². The van der Waals surface area contributed by atoms with Crippen LogP contribution in [-0.2, 0) is 4.79 Å². The van der Waals surface area contributed by atoms with Crippen molar-refractivity contribution in [1.82, 2.24) is 5.32 Å². The lowest BCUT2D eigenvalue weighted by Gasteiger charge is -2.36. The summed E-state index contributed by atoms with van der Waals surface area (Å²) in [6.07, 6.45) is 7.80. The standard InChI is InChI=1S/C16H29N3O2/c1-3-12-7-8-13(11(12)2)18-15(20)16(14(17)19-21)9-5-4-6-10-16/h11-13,21H,3-10H2,1-2H3,(H2,17,19)(H,18,20). The highest BCUT2D eigenvalue weighted by Crippen LogP contribution is 2.39. The molecule has 21 heavy (non-hydrogen) atoms. The van der Waals surface area contributed by atoms with E-state index in [9.17, 15) is 4.79 Å². The smallest absolute Gasteiger partial charge is 0.234 e. The highest BCUT2D eigenvalue weighted by atomic mass is 16.4. The van der Waals surface area contributed by atoms with Crippen LogP contribution in [0.5, 0.6) is 0 Å². The summed E-state index contributed by atoms with van der Waals surface area (Å²) in [6, 6.07) is 0.229.